The molecule has 0 radical (unpaired) electrons. The molecule has 0 aromatic heterocycles. The number of hydrogen-bond acceptors (Lipinski definition) is 4. The molecular formula is C13H24N2O2S2. The summed E-state index contributed by atoms with van der Waals surface area (Å²) in [6, 6.07) is 0.394. The van der Waals surface area contributed by atoms with Crippen LogP contribution in [0.1, 0.15) is 38.5 Å². The van der Waals surface area contributed by atoms with Crippen molar-refractivity contribution in [2.45, 2.75) is 49.8 Å². The summed E-state index contributed by atoms with van der Waals surface area (Å²) in [6.07, 6.45) is 7.28. The van der Waals surface area contributed by atoms with Crippen LogP contribution >= 0.6 is 12.2 Å². The molecule has 0 amide bonds. The van der Waals surface area contributed by atoms with Gasteiger partial charge in [-0.1, -0.05) is 18.6 Å². The van der Waals surface area contributed by atoms with Crippen LogP contribution in [0.2, 0.25) is 0 Å². The molecule has 110 valence electrons. The highest BCUT2D eigenvalue weighted by atomic mass is 32.2. The molecule has 3 unspecified atom stereocenters. The van der Waals surface area contributed by atoms with Crippen molar-refractivity contribution in [3.05, 3.63) is 0 Å². The van der Waals surface area contributed by atoms with Gasteiger partial charge in [0.1, 0.15) is 9.84 Å². The van der Waals surface area contributed by atoms with Gasteiger partial charge >= 0.3 is 0 Å². The zero-order chi connectivity index (χ0) is 14.0. The summed E-state index contributed by atoms with van der Waals surface area (Å²) in [4.78, 5) is 3.03. The summed E-state index contributed by atoms with van der Waals surface area (Å²) in [5, 5.41) is -0.156. The Kier molecular flexibility index (Phi) is 4.84. The molecule has 4 nitrogen and oxygen atoms in total. The molecule has 0 bridgehead atoms. The molecule has 1 heterocycles. The number of nitrogens with two attached hydrogens (primary N) is 1. The van der Waals surface area contributed by atoms with Crippen LogP contribution in [-0.2, 0) is 9.84 Å². The van der Waals surface area contributed by atoms with E-state index in [9.17, 15) is 8.42 Å². The van der Waals surface area contributed by atoms with Gasteiger partial charge in [0.2, 0.25) is 0 Å². The predicted octanol–water partition coefficient (Wildman–Crippen LogP) is 1.34. The maximum absolute atomic E-state index is 11.7. The molecule has 2 fully saturated rings. The van der Waals surface area contributed by atoms with Gasteiger partial charge in [-0.05, 0) is 38.6 Å². The normalized spacial score (nSPS) is 34.1. The first-order chi connectivity index (χ1) is 8.88. The summed E-state index contributed by atoms with van der Waals surface area (Å²) in [7, 11) is -2.90. The average Bonchev–Trinajstić information content (AvgIpc) is 2.38. The standard InChI is InChI=1S/C13H24N2O2S2/c1-19(16,17)12-6-2-5-11(8-12)15-7-3-4-10(9-15)13(14)18/h10-12H,2-9H2,1H3,(H2,14,18). The van der Waals surface area contributed by atoms with Gasteiger partial charge in [0.15, 0.2) is 0 Å². The highest BCUT2D eigenvalue weighted by molar-refractivity contribution is 7.91. The van der Waals surface area contributed by atoms with Gasteiger partial charge in [-0.2, -0.15) is 0 Å². The van der Waals surface area contributed by atoms with Crippen LogP contribution in [0.5, 0.6) is 0 Å². The number of hydrogen-bond donors (Lipinski definition) is 1. The van der Waals surface area contributed by atoms with Gasteiger partial charge in [0.05, 0.1) is 10.2 Å². The maximum Gasteiger partial charge on any atom is 0.150 e. The Bertz CT molecular complexity index is 436. The minimum atomic E-state index is -2.90. The van der Waals surface area contributed by atoms with Crippen molar-refractivity contribution in [2.75, 3.05) is 19.3 Å². The molecule has 1 saturated heterocycles. The molecule has 2 rings (SSSR count). The number of sulfone groups is 1. The first kappa shape index (κ1) is 15.2. The van der Waals surface area contributed by atoms with Crippen molar-refractivity contribution in [1.29, 1.82) is 0 Å². The molecule has 2 aliphatic rings. The molecule has 1 aliphatic carbocycles. The molecule has 3 atom stereocenters. The van der Waals surface area contributed by atoms with E-state index in [2.05, 4.69) is 4.90 Å². The first-order valence-electron chi connectivity index (χ1n) is 7.10. The van der Waals surface area contributed by atoms with Crippen molar-refractivity contribution < 1.29 is 8.42 Å². The van der Waals surface area contributed by atoms with E-state index in [1.165, 1.54) is 6.26 Å². The summed E-state index contributed by atoms with van der Waals surface area (Å²) in [5.74, 6) is 0.308. The third kappa shape index (κ3) is 3.89. The lowest BCUT2D eigenvalue weighted by Gasteiger charge is -2.41. The topological polar surface area (TPSA) is 63.4 Å². The van der Waals surface area contributed by atoms with Gasteiger partial charge in [0, 0.05) is 24.8 Å². The van der Waals surface area contributed by atoms with Crippen molar-refractivity contribution >= 4 is 27.0 Å². The lowest BCUT2D eigenvalue weighted by molar-refractivity contribution is 0.117. The number of piperidine rings is 1. The van der Waals surface area contributed by atoms with E-state index >= 15 is 0 Å². The van der Waals surface area contributed by atoms with Gasteiger partial charge in [-0.25, -0.2) is 8.42 Å². The minimum Gasteiger partial charge on any atom is -0.393 e. The quantitative estimate of drug-likeness (QED) is 0.797. The molecule has 19 heavy (non-hydrogen) atoms. The van der Waals surface area contributed by atoms with E-state index in [0.29, 0.717) is 16.9 Å². The molecule has 0 aromatic carbocycles. The van der Waals surface area contributed by atoms with E-state index in [0.717, 1.165) is 51.6 Å². The zero-order valence-corrected chi connectivity index (χ0v) is 13.2. The van der Waals surface area contributed by atoms with Crippen molar-refractivity contribution in [3.63, 3.8) is 0 Å². The van der Waals surface area contributed by atoms with E-state index in [1.807, 2.05) is 0 Å². The van der Waals surface area contributed by atoms with Crippen LogP contribution in [0.25, 0.3) is 0 Å². The monoisotopic (exact) mass is 304 g/mol. The highest BCUT2D eigenvalue weighted by Crippen LogP contribution is 2.30. The van der Waals surface area contributed by atoms with E-state index in [1.54, 1.807) is 0 Å². The van der Waals surface area contributed by atoms with Gasteiger partial charge in [-0.15, -0.1) is 0 Å². The Balaban J connectivity index is 1.99. The van der Waals surface area contributed by atoms with E-state index in [-0.39, 0.29) is 5.25 Å². The minimum absolute atomic E-state index is 0.156. The Morgan fingerprint density at radius 1 is 1.26 bits per heavy atom. The van der Waals surface area contributed by atoms with Crippen LogP contribution in [-0.4, -0.2) is 48.9 Å². The lowest BCUT2D eigenvalue weighted by atomic mass is 9.90. The second-order valence-corrected chi connectivity index (χ2v) is 8.81. The van der Waals surface area contributed by atoms with Crippen LogP contribution in [0, 0.1) is 5.92 Å². The number of nitrogens with zero attached hydrogens (tertiary/aromatic N) is 1. The average molecular weight is 304 g/mol. The fraction of sp³-hybridized carbons (Fsp3) is 0.923. The maximum atomic E-state index is 11.7. The van der Waals surface area contributed by atoms with Crippen molar-refractivity contribution in [1.82, 2.24) is 4.90 Å². The highest BCUT2D eigenvalue weighted by Gasteiger charge is 2.34. The van der Waals surface area contributed by atoms with Crippen molar-refractivity contribution in [3.8, 4) is 0 Å². The Morgan fingerprint density at radius 3 is 2.63 bits per heavy atom. The smallest absolute Gasteiger partial charge is 0.150 e. The molecule has 1 saturated carbocycles. The molecule has 6 heteroatoms. The second kappa shape index (κ2) is 6.06. The molecule has 1 aliphatic heterocycles. The number of thiocarbonyl (C=S) groups is 1. The Hall–Kier alpha value is -0.200. The van der Waals surface area contributed by atoms with Crippen LogP contribution in [0.4, 0.5) is 0 Å². The Labute approximate surface area is 121 Å². The third-order valence-corrected chi connectivity index (χ3v) is 6.55. The predicted molar refractivity (Wildman–Crippen MR) is 82.0 cm³/mol. The summed E-state index contributed by atoms with van der Waals surface area (Å²) in [6.45, 7) is 1.97. The summed E-state index contributed by atoms with van der Waals surface area (Å²) < 4.78 is 23.5. The number of rotatable bonds is 3. The summed E-state index contributed by atoms with van der Waals surface area (Å²) >= 11 is 5.11. The van der Waals surface area contributed by atoms with E-state index in [4.69, 9.17) is 18.0 Å². The fourth-order valence-electron chi connectivity index (χ4n) is 3.41. The van der Waals surface area contributed by atoms with Gasteiger partial charge in [-0.3, -0.25) is 4.90 Å². The first-order valence-corrected chi connectivity index (χ1v) is 9.46. The SMILES string of the molecule is CS(=O)(=O)C1CCCC(N2CCCC(C(N)=S)C2)C1. The Morgan fingerprint density at radius 2 is 2.00 bits per heavy atom. The molecular weight excluding hydrogens is 280 g/mol. The second-order valence-electron chi connectivity index (χ2n) is 6.01. The molecule has 2 N–H and O–H groups in total. The van der Waals surface area contributed by atoms with Crippen LogP contribution in [0.15, 0.2) is 0 Å². The van der Waals surface area contributed by atoms with Crippen molar-refractivity contribution in [2.24, 2.45) is 11.7 Å². The molecule has 0 aromatic rings. The summed E-state index contributed by atoms with van der Waals surface area (Å²) in [5.41, 5.74) is 5.76. The lowest BCUT2D eigenvalue weighted by Crippen LogP contribution is -2.48. The van der Waals surface area contributed by atoms with Crippen LogP contribution in [0.3, 0.4) is 0 Å². The fourth-order valence-corrected chi connectivity index (χ4v) is 4.77. The number of likely N-dealkylation sites (tertiary alicyclic amines) is 1. The largest absolute Gasteiger partial charge is 0.393 e. The van der Waals surface area contributed by atoms with Crippen LogP contribution < -0.4 is 5.73 Å². The van der Waals surface area contributed by atoms with Gasteiger partial charge < -0.3 is 5.73 Å². The zero-order valence-electron chi connectivity index (χ0n) is 11.5. The molecule has 0 spiro atoms. The van der Waals surface area contributed by atoms with E-state index < -0.39 is 9.84 Å². The van der Waals surface area contributed by atoms with Gasteiger partial charge in [0.25, 0.3) is 0 Å². The third-order valence-electron chi connectivity index (χ3n) is 4.58.